The number of furan rings is 1. The predicted molar refractivity (Wildman–Crippen MR) is 73.2 cm³/mol. The van der Waals surface area contributed by atoms with Crippen LogP contribution in [0.2, 0.25) is 0 Å². The van der Waals surface area contributed by atoms with E-state index in [2.05, 4.69) is 15.5 Å². The van der Waals surface area contributed by atoms with Gasteiger partial charge in [0.15, 0.2) is 0 Å². The van der Waals surface area contributed by atoms with E-state index in [-0.39, 0.29) is 11.2 Å². The molecule has 0 saturated carbocycles. The van der Waals surface area contributed by atoms with Crippen LogP contribution >= 0.6 is 11.8 Å². The lowest BCUT2D eigenvalue weighted by atomic mass is 10.2. The van der Waals surface area contributed by atoms with E-state index in [0.29, 0.717) is 11.1 Å². The summed E-state index contributed by atoms with van der Waals surface area (Å²) in [7, 11) is 0. The summed E-state index contributed by atoms with van der Waals surface area (Å²) in [6.07, 6.45) is 4.46. The quantitative estimate of drug-likeness (QED) is 0.936. The number of nitrogens with zero attached hydrogens (tertiary/aromatic N) is 2. The minimum Gasteiger partial charge on any atom is -0.469 e. The van der Waals surface area contributed by atoms with E-state index in [4.69, 9.17) is 8.83 Å². The molecule has 2 aromatic rings. The molecule has 3 heterocycles. The lowest BCUT2D eigenvalue weighted by molar-refractivity contribution is -0.120. The summed E-state index contributed by atoms with van der Waals surface area (Å²) in [5.74, 6) is 1.21. The summed E-state index contributed by atoms with van der Waals surface area (Å²) in [5, 5.41) is 11.2. The largest absolute Gasteiger partial charge is 0.469 e. The Hall–Kier alpha value is -1.76. The molecule has 0 aliphatic carbocycles. The van der Waals surface area contributed by atoms with Gasteiger partial charge < -0.3 is 14.2 Å². The number of carbonyl (C=O) groups excluding carboxylic acids is 1. The van der Waals surface area contributed by atoms with E-state index in [1.54, 1.807) is 12.3 Å². The van der Waals surface area contributed by atoms with Crippen molar-refractivity contribution < 1.29 is 13.6 Å². The van der Waals surface area contributed by atoms with Crippen LogP contribution in [0.4, 0.5) is 0 Å². The summed E-state index contributed by atoms with van der Waals surface area (Å²) >= 11 is 1.33. The monoisotopic (exact) mass is 293 g/mol. The van der Waals surface area contributed by atoms with Gasteiger partial charge >= 0.3 is 0 Å². The van der Waals surface area contributed by atoms with Crippen LogP contribution in [0.1, 0.15) is 25.0 Å². The summed E-state index contributed by atoms with van der Waals surface area (Å²) < 4.78 is 10.8. The van der Waals surface area contributed by atoms with Crippen molar-refractivity contribution in [3.63, 3.8) is 0 Å². The average Bonchev–Trinajstić information content (AvgIpc) is 3.00. The standard InChI is InChI=1S/C13H15N3O3S/c1-8-9(5-7-18-8)12-15-16-13(19-12)20-10-4-2-3-6-14-11(10)17/h5,7,10H,2-4,6H2,1H3,(H,14,17). The first-order valence-electron chi connectivity index (χ1n) is 6.56. The zero-order chi connectivity index (χ0) is 13.9. The van der Waals surface area contributed by atoms with Gasteiger partial charge in [0.25, 0.3) is 11.1 Å². The SMILES string of the molecule is Cc1occc1-c1nnc(SC2CCCCNC2=O)o1. The number of rotatable bonds is 3. The highest BCUT2D eigenvalue weighted by Crippen LogP contribution is 2.30. The molecule has 1 unspecified atom stereocenters. The molecule has 1 amide bonds. The molecule has 20 heavy (non-hydrogen) atoms. The van der Waals surface area contributed by atoms with E-state index in [0.717, 1.165) is 37.1 Å². The van der Waals surface area contributed by atoms with Crippen molar-refractivity contribution in [2.75, 3.05) is 6.54 Å². The molecule has 1 saturated heterocycles. The van der Waals surface area contributed by atoms with Gasteiger partial charge in [0.2, 0.25) is 5.91 Å². The number of aryl methyl sites for hydroxylation is 1. The fraction of sp³-hybridized carbons (Fsp3) is 0.462. The Balaban J connectivity index is 1.74. The first kappa shape index (κ1) is 13.2. The van der Waals surface area contributed by atoms with Gasteiger partial charge in [0.05, 0.1) is 17.1 Å². The topological polar surface area (TPSA) is 81.2 Å². The molecule has 0 spiro atoms. The molecule has 1 atom stereocenters. The lowest BCUT2D eigenvalue weighted by Crippen LogP contribution is -2.30. The van der Waals surface area contributed by atoms with Crippen molar-refractivity contribution in [2.24, 2.45) is 0 Å². The Bertz CT molecular complexity index is 608. The average molecular weight is 293 g/mol. The zero-order valence-electron chi connectivity index (χ0n) is 11.1. The van der Waals surface area contributed by atoms with Crippen LogP contribution in [-0.2, 0) is 4.79 Å². The molecular weight excluding hydrogens is 278 g/mol. The summed E-state index contributed by atoms with van der Waals surface area (Å²) in [5.41, 5.74) is 0.787. The molecule has 3 rings (SSSR count). The van der Waals surface area contributed by atoms with Crippen LogP contribution in [0.5, 0.6) is 0 Å². The number of aromatic nitrogens is 2. The van der Waals surface area contributed by atoms with E-state index < -0.39 is 0 Å². The Morgan fingerprint density at radius 1 is 1.40 bits per heavy atom. The Kier molecular flexibility index (Phi) is 3.77. The third-order valence-electron chi connectivity index (χ3n) is 3.22. The minimum atomic E-state index is -0.156. The number of carbonyl (C=O) groups is 1. The summed E-state index contributed by atoms with van der Waals surface area (Å²) in [6.45, 7) is 2.59. The van der Waals surface area contributed by atoms with Gasteiger partial charge in [-0.2, -0.15) is 0 Å². The molecule has 0 aromatic carbocycles. The van der Waals surface area contributed by atoms with E-state index in [1.165, 1.54) is 11.8 Å². The predicted octanol–water partition coefficient (Wildman–Crippen LogP) is 2.40. The van der Waals surface area contributed by atoms with Crippen molar-refractivity contribution in [3.8, 4) is 11.5 Å². The first-order valence-corrected chi connectivity index (χ1v) is 7.44. The summed E-state index contributed by atoms with van der Waals surface area (Å²) in [6, 6.07) is 1.79. The second-order valence-corrected chi connectivity index (χ2v) is 5.81. The van der Waals surface area contributed by atoms with Gasteiger partial charge in [0, 0.05) is 6.54 Å². The lowest BCUT2D eigenvalue weighted by Gasteiger charge is -2.08. The summed E-state index contributed by atoms with van der Waals surface area (Å²) in [4.78, 5) is 11.9. The van der Waals surface area contributed by atoms with Crippen molar-refractivity contribution in [3.05, 3.63) is 18.1 Å². The normalized spacial score (nSPS) is 19.6. The van der Waals surface area contributed by atoms with E-state index >= 15 is 0 Å². The second-order valence-electron chi connectivity index (χ2n) is 4.66. The van der Waals surface area contributed by atoms with Gasteiger partial charge in [-0.1, -0.05) is 18.2 Å². The van der Waals surface area contributed by atoms with Crippen molar-refractivity contribution in [2.45, 2.75) is 36.7 Å². The molecule has 1 N–H and O–H groups in total. The molecule has 7 heteroatoms. The number of hydrogen-bond donors (Lipinski definition) is 1. The van der Waals surface area contributed by atoms with Crippen molar-refractivity contribution >= 4 is 17.7 Å². The molecular formula is C13H15N3O3S. The fourth-order valence-electron chi connectivity index (χ4n) is 2.12. The second kappa shape index (κ2) is 5.70. The van der Waals surface area contributed by atoms with E-state index in [1.807, 2.05) is 6.92 Å². The van der Waals surface area contributed by atoms with Gasteiger partial charge in [0.1, 0.15) is 5.76 Å². The number of hydrogen-bond acceptors (Lipinski definition) is 6. The maximum Gasteiger partial charge on any atom is 0.277 e. The van der Waals surface area contributed by atoms with Crippen LogP contribution < -0.4 is 5.32 Å². The molecule has 0 bridgehead atoms. The minimum absolute atomic E-state index is 0.0479. The number of nitrogens with one attached hydrogen (secondary N) is 1. The molecule has 1 aliphatic rings. The maximum absolute atomic E-state index is 11.9. The Morgan fingerprint density at radius 3 is 3.10 bits per heavy atom. The third kappa shape index (κ3) is 2.72. The molecule has 6 nitrogen and oxygen atoms in total. The van der Waals surface area contributed by atoms with Crippen LogP contribution in [0.3, 0.4) is 0 Å². The molecule has 1 aliphatic heterocycles. The van der Waals surface area contributed by atoms with Crippen LogP contribution in [0.25, 0.3) is 11.5 Å². The van der Waals surface area contributed by atoms with Gasteiger partial charge in [-0.25, -0.2) is 0 Å². The first-order chi connectivity index (χ1) is 9.74. The van der Waals surface area contributed by atoms with Crippen molar-refractivity contribution in [1.29, 1.82) is 0 Å². The van der Waals surface area contributed by atoms with Crippen LogP contribution in [0, 0.1) is 6.92 Å². The zero-order valence-corrected chi connectivity index (χ0v) is 11.9. The number of thioether (sulfide) groups is 1. The van der Waals surface area contributed by atoms with E-state index in [9.17, 15) is 4.79 Å². The van der Waals surface area contributed by atoms with Gasteiger partial charge in [-0.05, 0) is 25.8 Å². The molecule has 1 fully saturated rings. The molecule has 2 aromatic heterocycles. The number of amides is 1. The smallest absolute Gasteiger partial charge is 0.277 e. The Morgan fingerprint density at radius 2 is 2.30 bits per heavy atom. The van der Waals surface area contributed by atoms with Gasteiger partial charge in [-0.15, -0.1) is 10.2 Å². The van der Waals surface area contributed by atoms with Crippen LogP contribution in [0.15, 0.2) is 26.4 Å². The maximum atomic E-state index is 11.9. The highest BCUT2D eigenvalue weighted by molar-refractivity contribution is 8.00. The highest BCUT2D eigenvalue weighted by Gasteiger charge is 2.24. The highest BCUT2D eigenvalue weighted by atomic mass is 32.2. The third-order valence-corrected chi connectivity index (χ3v) is 4.32. The van der Waals surface area contributed by atoms with Crippen LogP contribution in [-0.4, -0.2) is 27.9 Å². The molecule has 106 valence electrons. The Labute approximate surface area is 120 Å². The van der Waals surface area contributed by atoms with Gasteiger partial charge in [-0.3, -0.25) is 4.79 Å². The molecule has 0 radical (unpaired) electrons. The van der Waals surface area contributed by atoms with Crippen molar-refractivity contribution in [1.82, 2.24) is 15.5 Å². The fourth-order valence-corrected chi connectivity index (χ4v) is 3.05.